The zero-order chi connectivity index (χ0) is 15.6. The Balaban J connectivity index is 2.14. The number of hydrogen-bond acceptors (Lipinski definition) is 0. The van der Waals surface area contributed by atoms with E-state index in [-0.39, 0.29) is 0 Å². The molecule has 0 saturated heterocycles. The number of fused-ring (bicyclic) bond motifs is 1. The highest BCUT2D eigenvalue weighted by atomic mass is 14.9. The lowest BCUT2D eigenvalue weighted by Crippen LogP contribution is -2.29. The molecule has 0 bridgehead atoms. The van der Waals surface area contributed by atoms with E-state index in [1.54, 1.807) is 0 Å². The van der Waals surface area contributed by atoms with Crippen molar-refractivity contribution in [3.8, 4) is 22.3 Å². The predicted octanol–water partition coefficient (Wildman–Crippen LogP) is 5.00. The molecule has 0 spiro atoms. The number of aromatic nitrogens is 1. The number of rotatable bonds is 2. The molecule has 0 amide bonds. The second-order valence-corrected chi connectivity index (χ2v) is 5.78. The summed E-state index contributed by atoms with van der Waals surface area (Å²) in [5.41, 5.74) is 6.30. The van der Waals surface area contributed by atoms with E-state index in [2.05, 4.69) is 103 Å². The quantitative estimate of drug-likeness (QED) is 0.458. The molecule has 1 heteroatoms. The number of pyridine rings is 1. The highest BCUT2D eigenvalue weighted by Gasteiger charge is 2.17. The summed E-state index contributed by atoms with van der Waals surface area (Å²) < 4.78 is 2.21. The topological polar surface area (TPSA) is 3.88 Å². The Hall–Kier alpha value is -2.93. The Bertz CT molecular complexity index is 957. The smallest absolute Gasteiger partial charge is 0.200 e. The molecular weight excluding hydrogens is 278 g/mol. The van der Waals surface area contributed by atoms with Gasteiger partial charge in [-0.15, -0.1) is 0 Å². The van der Waals surface area contributed by atoms with Crippen molar-refractivity contribution in [2.45, 2.75) is 0 Å². The van der Waals surface area contributed by atoms with Crippen molar-refractivity contribution in [3.05, 3.63) is 91.1 Å². The molecule has 0 fully saturated rings. The standard InChI is InChI=1S/C22H18N/c1-23-16-20(17-10-4-2-5-11-17)22(18-12-6-3-7-13-18)19-14-8-9-15-21(19)23/h2-16H,1H3/q+1. The molecule has 0 saturated carbocycles. The molecule has 3 aromatic carbocycles. The Morgan fingerprint density at radius 3 is 1.87 bits per heavy atom. The van der Waals surface area contributed by atoms with Crippen LogP contribution in [0.2, 0.25) is 0 Å². The van der Waals surface area contributed by atoms with Crippen LogP contribution in [0.3, 0.4) is 0 Å². The fraction of sp³-hybridized carbons (Fsp3) is 0.0455. The monoisotopic (exact) mass is 296 g/mol. The molecule has 110 valence electrons. The lowest BCUT2D eigenvalue weighted by atomic mass is 9.92. The number of nitrogens with zero attached hydrogens (tertiary/aromatic N) is 1. The van der Waals surface area contributed by atoms with E-state index in [1.165, 1.54) is 33.2 Å². The molecule has 1 heterocycles. The summed E-state index contributed by atoms with van der Waals surface area (Å²) in [6.07, 6.45) is 2.24. The highest BCUT2D eigenvalue weighted by molar-refractivity contribution is 6.00. The third kappa shape index (κ3) is 2.40. The second kappa shape index (κ2) is 5.69. The zero-order valence-corrected chi connectivity index (χ0v) is 13.1. The van der Waals surface area contributed by atoms with Crippen molar-refractivity contribution in [2.24, 2.45) is 7.05 Å². The van der Waals surface area contributed by atoms with Gasteiger partial charge in [0.15, 0.2) is 6.20 Å². The zero-order valence-electron chi connectivity index (χ0n) is 13.1. The van der Waals surface area contributed by atoms with Gasteiger partial charge in [0.1, 0.15) is 7.05 Å². The largest absolute Gasteiger partial charge is 0.212 e. The van der Waals surface area contributed by atoms with Crippen molar-refractivity contribution in [1.29, 1.82) is 0 Å². The van der Waals surface area contributed by atoms with Gasteiger partial charge in [-0.05, 0) is 17.2 Å². The van der Waals surface area contributed by atoms with Crippen molar-refractivity contribution < 1.29 is 4.57 Å². The summed E-state index contributed by atoms with van der Waals surface area (Å²) in [7, 11) is 2.11. The first-order valence-electron chi connectivity index (χ1n) is 7.87. The van der Waals surface area contributed by atoms with Gasteiger partial charge in [0.25, 0.3) is 0 Å². The summed E-state index contributed by atoms with van der Waals surface area (Å²) in [5.74, 6) is 0. The first-order chi connectivity index (χ1) is 11.3. The molecule has 0 N–H and O–H groups in total. The van der Waals surface area contributed by atoms with Gasteiger partial charge in [0, 0.05) is 11.6 Å². The summed E-state index contributed by atoms with van der Waals surface area (Å²) in [6, 6.07) is 29.9. The predicted molar refractivity (Wildman–Crippen MR) is 96.0 cm³/mol. The molecule has 0 aliphatic heterocycles. The Morgan fingerprint density at radius 2 is 1.17 bits per heavy atom. The molecule has 0 aliphatic carbocycles. The third-order valence-electron chi connectivity index (χ3n) is 4.29. The minimum Gasteiger partial charge on any atom is -0.200 e. The SMILES string of the molecule is C[n+]1cc(-c2ccccc2)c(-c2ccccc2)c2ccccc21. The molecule has 1 aromatic heterocycles. The molecule has 23 heavy (non-hydrogen) atoms. The fourth-order valence-corrected chi connectivity index (χ4v) is 3.22. The van der Waals surface area contributed by atoms with Crippen LogP contribution in [0.25, 0.3) is 33.2 Å². The molecule has 4 aromatic rings. The van der Waals surface area contributed by atoms with E-state index >= 15 is 0 Å². The number of benzene rings is 3. The van der Waals surface area contributed by atoms with Crippen LogP contribution in [-0.2, 0) is 7.05 Å². The van der Waals surface area contributed by atoms with Gasteiger partial charge in [-0.3, -0.25) is 0 Å². The molecule has 4 rings (SSSR count). The lowest BCUT2D eigenvalue weighted by molar-refractivity contribution is -0.644. The van der Waals surface area contributed by atoms with Crippen molar-refractivity contribution in [2.75, 3.05) is 0 Å². The van der Waals surface area contributed by atoms with Crippen molar-refractivity contribution in [1.82, 2.24) is 0 Å². The van der Waals surface area contributed by atoms with Gasteiger partial charge >= 0.3 is 0 Å². The van der Waals surface area contributed by atoms with Gasteiger partial charge in [0.05, 0.1) is 10.9 Å². The maximum atomic E-state index is 2.24. The van der Waals surface area contributed by atoms with E-state index in [4.69, 9.17) is 0 Å². The van der Waals surface area contributed by atoms with Crippen LogP contribution in [0, 0.1) is 0 Å². The molecule has 0 unspecified atom stereocenters. The van der Waals surface area contributed by atoms with Crippen LogP contribution in [0.1, 0.15) is 0 Å². The molecule has 0 radical (unpaired) electrons. The van der Waals surface area contributed by atoms with Gasteiger partial charge < -0.3 is 0 Å². The number of hydrogen-bond donors (Lipinski definition) is 0. The lowest BCUT2D eigenvalue weighted by Gasteiger charge is -2.12. The van der Waals surface area contributed by atoms with Crippen molar-refractivity contribution in [3.63, 3.8) is 0 Å². The number of para-hydroxylation sites is 1. The Morgan fingerprint density at radius 1 is 0.609 bits per heavy atom. The molecule has 0 atom stereocenters. The van der Waals surface area contributed by atoms with Crippen LogP contribution < -0.4 is 4.57 Å². The Labute approximate surface area is 136 Å². The summed E-state index contributed by atoms with van der Waals surface area (Å²) >= 11 is 0. The van der Waals surface area contributed by atoms with Gasteiger partial charge in [0.2, 0.25) is 5.52 Å². The third-order valence-corrected chi connectivity index (χ3v) is 4.29. The minimum absolute atomic E-state index is 1.24. The van der Waals surface area contributed by atoms with Gasteiger partial charge in [-0.1, -0.05) is 72.8 Å². The van der Waals surface area contributed by atoms with Crippen LogP contribution in [0.4, 0.5) is 0 Å². The summed E-state index contributed by atoms with van der Waals surface area (Å²) in [6.45, 7) is 0. The van der Waals surface area contributed by atoms with E-state index in [0.717, 1.165) is 0 Å². The first-order valence-corrected chi connectivity index (χ1v) is 7.87. The van der Waals surface area contributed by atoms with Crippen LogP contribution in [0.15, 0.2) is 91.1 Å². The number of aryl methyl sites for hydroxylation is 1. The second-order valence-electron chi connectivity index (χ2n) is 5.78. The fourth-order valence-electron chi connectivity index (χ4n) is 3.22. The van der Waals surface area contributed by atoms with E-state index in [0.29, 0.717) is 0 Å². The van der Waals surface area contributed by atoms with E-state index < -0.39 is 0 Å². The van der Waals surface area contributed by atoms with E-state index in [1.807, 2.05) is 0 Å². The summed E-state index contributed by atoms with van der Waals surface area (Å²) in [5, 5.41) is 1.28. The van der Waals surface area contributed by atoms with E-state index in [9.17, 15) is 0 Å². The van der Waals surface area contributed by atoms with Gasteiger partial charge in [-0.2, -0.15) is 0 Å². The van der Waals surface area contributed by atoms with Crippen molar-refractivity contribution >= 4 is 10.9 Å². The maximum absolute atomic E-state index is 2.24. The highest BCUT2D eigenvalue weighted by Crippen LogP contribution is 2.36. The first kappa shape index (κ1) is 13.7. The van der Waals surface area contributed by atoms with Crippen LogP contribution in [0.5, 0.6) is 0 Å². The Kier molecular flexibility index (Phi) is 3.39. The summed E-state index contributed by atoms with van der Waals surface area (Å²) in [4.78, 5) is 0. The van der Waals surface area contributed by atoms with Crippen LogP contribution in [-0.4, -0.2) is 0 Å². The normalized spacial score (nSPS) is 10.8. The molecular formula is C22H18N+. The average molecular weight is 296 g/mol. The van der Waals surface area contributed by atoms with Gasteiger partial charge in [-0.25, -0.2) is 4.57 Å². The average Bonchev–Trinajstić information content (AvgIpc) is 2.63. The van der Waals surface area contributed by atoms with Crippen LogP contribution >= 0.6 is 0 Å². The molecule has 1 nitrogen and oxygen atoms in total. The minimum atomic E-state index is 1.24. The molecule has 0 aliphatic rings. The maximum Gasteiger partial charge on any atom is 0.212 e.